The third kappa shape index (κ3) is 2.37. The van der Waals surface area contributed by atoms with E-state index in [1.165, 1.54) is 5.69 Å². The Kier molecular flexibility index (Phi) is 3.05. The minimum absolute atomic E-state index is 0.292. The van der Waals surface area contributed by atoms with Crippen LogP contribution in [0.3, 0.4) is 0 Å². The average molecular weight is 273 g/mol. The third-order valence-electron chi connectivity index (χ3n) is 3.55. The Labute approximate surface area is 118 Å². The summed E-state index contributed by atoms with van der Waals surface area (Å²) in [6, 6.07) is 8.09. The molecule has 0 radical (unpaired) electrons. The molecule has 0 amide bonds. The van der Waals surface area contributed by atoms with Gasteiger partial charge < -0.3 is 10.6 Å². The number of hydrogen-bond donors (Lipinski definition) is 1. The number of nitrogen functional groups attached to an aromatic ring is 1. The van der Waals surface area contributed by atoms with Crippen molar-refractivity contribution in [3.8, 4) is 0 Å². The number of hydrogen-bond acceptors (Lipinski definition) is 4. The molecular formula is C15H19N3S. The summed E-state index contributed by atoms with van der Waals surface area (Å²) in [5.41, 5.74) is 9.07. The lowest BCUT2D eigenvalue weighted by molar-refractivity contribution is 0.649. The molecule has 1 aliphatic rings. The van der Waals surface area contributed by atoms with Crippen LogP contribution in [0, 0.1) is 0 Å². The van der Waals surface area contributed by atoms with E-state index in [9.17, 15) is 0 Å². The maximum atomic E-state index is 6.05. The first kappa shape index (κ1) is 12.6. The molecule has 2 N–H and O–H groups in total. The van der Waals surface area contributed by atoms with Crippen LogP contribution in [0.25, 0.3) is 10.9 Å². The molecule has 19 heavy (non-hydrogen) atoms. The first-order valence-corrected chi connectivity index (χ1v) is 7.57. The van der Waals surface area contributed by atoms with Crippen LogP contribution >= 0.6 is 11.8 Å². The van der Waals surface area contributed by atoms with Gasteiger partial charge in [-0.3, -0.25) is 4.98 Å². The van der Waals surface area contributed by atoms with E-state index in [0.717, 1.165) is 35.4 Å². The summed E-state index contributed by atoms with van der Waals surface area (Å²) in [6.45, 7) is 6.73. The van der Waals surface area contributed by atoms with E-state index in [1.807, 2.05) is 36.2 Å². The summed E-state index contributed by atoms with van der Waals surface area (Å²) in [5, 5.41) is 1.05. The van der Waals surface area contributed by atoms with Gasteiger partial charge in [0.1, 0.15) is 0 Å². The first-order valence-electron chi connectivity index (χ1n) is 6.59. The fourth-order valence-electron chi connectivity index (χ4n) is 2.66. The molecular weight excluding hydrogens is 254 g/mol. The van der Waals surface area contributed by atoms with Crippen LogP contribution in [0.5, 0.6) is 0 Å². The van der Waals surface area contributed by atoms with Gasteiger partial charge in [0.25, 0.3) is 0 Å². The van der Waals surface area contributed by atoms with Gasteiger partial charge in [-0.15, -0.1) is 0 Å². The molecule has 0 spiro atoms. The summed E-state index contributed by atoms with van der Waals surface area (Å²) in [6.07, 6.45) is 1.84. The van der Waals surface area contributed by atoms with Crippen LogP contribution in [0.2, 0.25) is 0 Å². The van der Waals surface area contributed by atoms with Gasteiger partial charge >= 0.3 is 0 Å². The van der Waals surface area contributed by atoms with Crippen molar-refractivity contribution in [2.75, 3.05) is 29.5 Å². The van der Waals surface area contributed by atoms with E-state index >= 15 is 0 Å². The summed E-state index contributed by atoms with van der Waals surface area (Å²) in [4.78, 5) is 6.97. The first-order chi connectivity index (χ1) is 9.07. The molecule has 1 aromatic carbocycles. The number of anilines is 2. The maximum Gasteiger partial charge on any atom is 0.0955 e. The lowest BCUT2D eigenvalue weighted by atomic mass is 10.1. The van der Waals surface area contributed by atoms with Gasteiger partial charge in [0.05, 0.1) is 11.2 Å². The number of benzene rings is 1. The van der Waals surface area contributed by atoms with Crippen molar-refractivity contribution in [2.24, 2.45) is 0 Å². The summed E-state index contributed by atoms with van der Waals surface area (Å²) >= 11 is 2.04. The zero-order valence-electron chi connectivity index (χ0n) is 11.4. The standard InChI is InChI=1S/C15H19N3S/c1-15(2)10-18(8-9-19-15)13-6-5-12(16)11-4-3-7-17-14(11)13/h3-7H,8-10,16H2,1-2H3. The number of nitrogens with zero attached hydrogens (tertiary/aromatic N) is 2. The normalized spacial score (nSPS) is 18.7. The SMILES string of the molecule is CC1(C)CN(c2ccc(N)c3cccnc23)CCS1. The quantitative estimate of drug-likeness (QED) is 0.811. The van der Waals surface area contributed by atoms with Gasteiger partial charge in [0, 0.05) is 40.9 Å². The van der Waals surface area contributed by atoms with E-state index in [1.54, 1.807) is 0 Å². The van der Waals surface area contributed by atoms with Crippen LogP contribution in [-0.4, -0.2) is 28.6 Å². The highest BCUT2D eigenvalue weighted by Crippen LogP contribution is 2.35. The van der Waals surface area contributed by atoms with Gasteiger partial charge in [-0.05, 0) is 38.1 Å². The number of pyridine rings is 1. The van der Waals surface area contributed by atoms with E-state index in [4.69, 9.17) is 5.73 Å². The Morgan fingerprint density at radius 2 is 2.16 bits per heavy atom. The Balaban J connectivity index is 2.08. The van der Waals surface area contributed by atoms with Gasteiger partial charge in [0.15, 0.2) is 0 Å². The highest BCUT2D eigenvalue weighted by molar-refractivity contribution is 8.00. The smallest absolute Gasteiger partial charge is 0.0955 e. The second kappa shape index (κ2) is 4.60. The van der Waals surface area contributed by atoms with Crippen molar-refractivity contribution in [1.29, 1.82) is 0 Å². The maximum absolute atomic E-state index is 6.05. The average Bonchev–Trinajstić information content (AvgIpc) is 2.38. The van der Waals surface area contributed by atoms with E-state index in [-0.39, 0.29) is 0 Å². The molecule has 1 saturated heterocycles. The number of thioether (sulfide) groups is 1. The predicted octanol–water partition coefficient (Wildman–Crippen LogP) is 3.15. The lowest BCUT2D eigenvalue weighted by Gasteiger charge is -2.39. The lowest BCUT2D eigenvalue weighted by Crippen LogP contribution is -2.43. The molecule has 2 aromatic rings. The van der Waals surface area contributed by atoms with Crippen molar-refractivity contribution >= 4 is 34.0 Å². The van der Waals surface area contributed by atoms with E-state index in [0.29, 0.717) is 4.75 Å². The van der Waals surface area contributed by atoms with Crippen LogP contribution in [0.4, 0.5) is 11.4 Å². The molecule has 1 fully saturated rings. The molecule has 1 aliphatic heterocycles. The van der Waals surface area contributed by atoms with Crippen molar-refractivity contribution in [1.82, 2.24) is 4.98 Å². The van der Waals surface area contributed by atoms with Crippen LogP contribution in [0.15, 0.2) is 30.5 Å². The monoisotopic (exact) mass is 273 g/mol. The van der Waals surface area contributed by atoms with Crippen LogP contribution in [0.1, 0.15) is 13.8 Å². The van der Waals surface area contributed by atoms with Crippen molar-refractivity contribution in [3.05, 3.63) is 30.5 Å². The fourth-order valence-corrected chi connectivity index (χ4v) is 3.77. The number of fused-ring (bicyclic) bond motifs is 1. The molecule has 3 rings (SSSR count). The molecule has 0 bridgehead atoms. The Morgan fingerprint density at radius 3 is 2.95 bits per heavy atom. The summed E-state index contributed by atoms with van der Waals surface area (Å²) in [5.74, 6) is 1.16. The van der Waals surface area contributed by atoms with Gasteiger partial charge in [-0.2, -0.15) is 11.8 Å². The van der Waals surface area contributed by atoms with Gasteiger partial charge in [-0.25, -0.2) is 0 Å². The Hall–Kier alpha value is -1.42. The zero-order valence-corrected chi connectivity index (χ0v) is 12.2. The molecule has 0 atom stereocenters. The molecule has 0 saturated carbocycles. The molecule has 0 unspecified atom stereocenters. The number of nitrogens with two attached hydrogens (primary N) is 1. The molecule has 100 valence electrons. The van der Waals surface area contributed by atoms with Crippen molar-refractivity contribution in [2.45, 2.75) is 18.6 Å². The van der Waals surface area contributed by atoms with E-state index < -0.39 is 0 Å². The molecule has 1 aromatic heterocycles. The number of rotatable bonds is 1. The second-order valence-corrected chi connectivity index (χ2v) is 7.41. The second-order valence-electron chi connectivity index (χ2n) is 5.60. The number of aromatic nitrogens is 1. The molecule has 2 heterocycles. The summed E-state index contributed by atoms with van der Waals surface area (Å²) in [7, 11) is 0. The van der Waals surface area contributed by atoms with Crippen LogP contribution < -0.4 is 10.6 Å². The molecule has 4 heteroatoms. The minimum Gasteiger partial charge on any atom is -0.398 e. The Morgan fingerprint density at radius 1 is 1.32 bits per heavy atom. The molecule has 3 nitrogen and oxygen atoms in total. The van der Waals surface area contributed by atoms with Gasteiger partial charge in [-0.1, -0.05) is 0 Å². The largest absolute Gasteiger partial charge is 0.398 e. The van der Waals surface area contributed by atoms with E-state index in [2.05, 4.69) is 29.8 Å². The van der Waals surface area contributed by atoms with Crippen molar-refractivity contribution < 1.29 is 0 Å². The Bertz CT molecular complexity index is 609. The van der Waals surface area contributed by atoms with Gasteiger partial charge in [0.2, 0.25) is 0 Å². The topological polar surface area (TPSA) is 42.1 Å². The summed E-state index contributed by atoms with van der Waals surface area (Å²) < 4.78 is 0.292. The minimum atomic E-state index is 0.292. The third-order valence-corrected chi connectivity index (χ3v) is 4.85. The van der Waals surface area contributed by atoms with Crippen molar-refractivity contribution in [3.63, 3.8) is 0 Å². The zero-order chi connectivity index (χ0) is 13.5. The van der Waals surface area contributed by atoms with Crippen LogP contribution in [-0.2, 0) is 0 Å². The predicted molar refractivity (Wildman–Crippen MR) is 84.9 cm³/mol. The molecule has 0 aliphatic carbocycles. The highest BCUT2D eigenvalue weighted by Gasteiger charge is 2.28. The highest BCUT2D eigenvalue weighted by atomic mass is 32.2. The fraction of sp³-hybridized carbons (Fsp3) is 0.400.